The van der Waals surface area contributed by atoms with Crippen LogP contribution in [0, 0.1) is 0 Å². The molecular formula is C6H8BrN. The molecule has 2 N–H and O–H groups in total. The van der Waals surface area contributed by atoms with Crippen LogP contribution < -0.4 is 5.73 Å². The van der Waals surface area contributed by atoms with Crippen LogP contribution in [0.2, 0.25) is 0 Å². The van der Waals surface area contributed by atoms with E-state index in [2.05, 4.69) is 22.0 Å². The lowest BCUT2D eigenvalue weighted by Gasteiger charge is -2.06. The molecule has 0 spiro atoms. The molecule has 0 bridgehead atoms. The van der Waals surface area contributed by atoms with Crippen LogP contribution in [0.3, 0.4) is 0 Å². The van der Waals surface area contributed by atoms with Gasteiger partial charge in [-0.3, -0.25) is 0 Å². The van der Waals surface area contributed by atoms with Gasteiger partial charge in [0.15, 0.2) is 0 Å². The van der Waals surface area contributed by atoms with E-state index in [1.54, 1.807) is 0 Å². The highest BCUT2D eigenvalue weighted by molar-refractivity contribution is 9.11. The molecule has 0 radical (unpaired) electrons. The number of hydrogen-bond donors (Lipinski definition) is 1. The first-order valence-corrected chi connectivity index (χ1v) is 3.38. The van der Waals surface area contributed by atoms with Crippen LogP contribution in [-0.4, -0.2) is 6.04 Å². The third-order valence-corrected chi connectivity index (χ3v) is 1.59. The Kier molecular flexibility index (Phi) is 1.86. The quantitative estimate of drug-likeness (QED) is 0.592. The average Bonchev–Trinajstić information content (AvgIpc) is 1.64. The van der Waals surface area contributed by atoms with E-state index < -0.39 is 0 Å². The van der Waals surface area contributed by atoms with E-state index in [1.165, 1.54) is 0 Å². The summed E-state index contributed by atoms with van der Waals surface area (Å²) in [5.74, 6) is 0. The summed E-state index contributed by atoms with van der Waals surface area (Å²) in [4.78, 5) is 0. The molecule has 0 aromatic heterocycles. The van der Waals surface area contributed by atoms with Crippen LogP contribution in [0.15, 0.2) is 22.7 Å². The van der Waals surface area contributed by atoms with Crippen molar-refractivity contribution in [3.8, 4) is 0 Å². The van der Waals surface area contributed by atoms with Gasteiger partial charge in [0.1, 0.15) is 0 Å². The Morgan fingerprint density at radius 3 is 2.88 bits per heavy atom. The highest BCUT2D eigenvalue weighted by Gasteiger charge is 1.99. The fraction of sp³-hybridized carbons (Fsp3) is 0.333. The summed E-state index contributed by atoms with van der Waals surface area (Å²) in [5.41, 5.74) is 5.57. The second-order valence-electron chi connectivity index (χ2n) is 1.85. The Hall–Kier alpha value is -0.0800. The summed E-state index contributed by atoms with van der Waals surface area (Å²) in [7, 11) is 0. The molecule has 0 aliphatic heterocycles. The van der Waals surface area contributed by atoms with Gasteiger partial charge in [0.05, 0.1) is 0 Å². The van der Waals surface area contributed by atoms with E-state index in [-0.39, 0.29) is 6.04 Å². The zero-order valence-electron chi connectivity index (χ0n) is 4.47. The van der Waals surface area contributed by atoms with Crippen molar-refractivity contribution < 1.29 is 0 Å². The van der Waals surface area contributed by atoms with Crippen LogP contribution in [0.25, 0.3) is 0 Å². The average molecular weight is 174 g/mol. The van der Waals surface area contributed by atoms with Crippen LogP contribution in [0.1, 0.15) is 6.42 Å². The predicted octanol–water partition coefficient (Wildman–Crippen LogP) is 1.55. The molecule has 0 aromatic rings. The van der Waals surface area contributed by atoms with E-state index >= 15 is 0 Å². The molecule has 2 heteroatoms. The van der Waals surface area contributed by atoms with Crippen molar-refractivity contribution in [1.29, 1.82) is 0 Å². The molecule has 1 nitrogen and oxygen atoms in total. The van der Waals surface area contributed by atoms with Crippen molar-refractivity contribution in [3.05, 3.63) is 22.7 Å². The fourth-order valence-electron chi connectivity index (χ4n) is 0.666. The molecule has 0 aromatic carbocycles. The second kappa shape index (κ2) is 2.46. The Balaban J connectivity index is 2.63. The molecule has 8 heavy (non-hydrogen) atoms. The van der Waals surface area contributed by atoms with Crippen molar-refractivity contribution in [2.24, 2.45) is 5.73 Å². The first-order chi connectivity index (χ1) is 3.79. The molecule has 1 aliphatic carbocycles. The Morgan fingerprint density at radius 1 is 1.75 bits per heavy atom. The van der Waals surface area contributed by atoms with Gasteiger partial charge in [-0.1, -0.05) is 34.2 Å². The molecule has 1 aliphatic rings. The summed E-state index contributed by atoms with van der Waals surface area (Å²) in [6.07, 6.45) is 7.05. The fourth-order valence-corrected chi connectivity index (χ4v) is 1.19. The number of nitrogens with two attached hydrogens (primary N) is 1. The van der Waals surface area contributed by atoms with Crippen molar-refractivity contribution in [2.45, 2.75) is 12.5 Å². The number of rotatable bonds is 0. The van der Waals surface area contributed by atoms with Gasteiger partial charge in [0, 0.05) is 10.5 Å². The Bertz CT molecular complexity index is 137. The van der Waals surface area contributed by atoms with Crippen molar-refractivity contribution >= 4 is 15.9 Å². The third-order valence-electron chi connectivity index (χ3n) is 1.06. The van der Waals surface area contributed by atoms with Crippen LogP contribution >= 0.6 is 15.9 Å². The molecule has 0 amide bonds. The number of hydrogen-bond acceptors (Lipinski definition) is 1. The Morgan fingerprint density at radius 2 is 2.50 bits per heavy atom. The smallest absolute Gasteiger partial charge is 0.0272 e. The largest absolute Gasteiger partial charge is 0.324 e. The van der Waals surface area contributed by atoms with Crippen molar-refractivity contribution in [1.82, 2.24) is 0 Å². The third kappa shape index (κ3) is 1.46. The molecule has 1 atom stereocenters. The maximum absolute atomic E-state index is 5.57. The van der Waals surface area contributed by atoms with Gasteiger partial charge >= 0.3 is 0 Å². The second-order valence-corrected chi connectivity index (χ2v) is 2.77. The van der Waals surface area contributed by atoms with Gasteiger partial charge in [-0.25, -0.2) is 0 Å². The van der Waals surface area contributed by atoms with Crippen LogP contribution in [0.4, 0.5) is 0 Å². The van der Waals surface area contributed by atoms with Gasteiger partial charge in [0.2, 0.25) is 0 Å². The van der Waals surface area contributed by atoms with Gasteiger partial charge in [-0.2, -0.15) is 0 Å². The minimum atomic E-state index is 0.217. The minimum Gasteiger partial charge on any atom is -0.324 e. The lowest BCUT2D eigenvalue weighted by molar-refractivity contribution is 0.824. The molecule has 1 unspecified atom stereocenters. The molecule has 0 saturated heterocycles. The molecule has 0 fully saturated rings. The van der Waals surface area contributed by atoms with E-state index in [0.717, 1.165) is 10.9 Å². The normalized spacial score (nSPS) is 27.8. The van der Waals surface area contributed by atoms with E-state index in [1.807, 2.05) is 12.2 Å². The van der Waals surface area contributed by atoms with Gasteiger partial charge in [0.25, 0.3) is 0 Å². The summed E-state index contributed by atoms with van der Waals surface area (Å²) >= 11 is 3.32. The predicted molar refractivity (Wildman–Crippen MR) is 38.7 cm³/mol. The maximum atomic E-state index is 5.57. The summed E-state index contributed by atoms with van der Waals surface area (Å²) in [6, 6.07) is 0.217. The van der Waals surface area contributed by atoms with E-state index in [0.29, 0.717) is 0 Å². The van der Waals surface area contributed by atoms with Crippen LogP contribution in [0.5, 0.6) is 0 Å². The van der Waals surface area contributed by atoms with E-state index in [9.17, 15) is 0 Å². The highest BCUT2D eigenvalue weighted by Crippen LogP contribution is 2.13. The Labute approximate surface area is 57.4 Å². The molecule has 44 valence electrons. The summed E-state index contributed by atoms with van der Waals surface area (Å²) in [6.45, 7) is 0. The maximum Gasteiger partial charge on any atom is 0.0272 e. The minimum absolute atomic E-state index is 0.217. The van der Waals surface area contributed by atoms with Crippen molar-refractivity contribution in [2.75, 3.05) is 0 Å². The zero-order chi connectivity index (χ0) is 5.98. The monoisotopic (exact) mass is 173 g/mol. The van der Waals surface area contributed by atoms with Crippen molar-refractivity contribution in [3.63, 3.8) is 0 Å². The lowest BCUT2D eigenvalue weighted by atomic mass is 10.1. The number of allylic oxidation sites excluding steroid dienone is 2. The molecule has 0 heterocycles. The summed E-state index contributed by atoms with van der Waals surface area (Å²) < 4.78 is 1.09. The first kappa shape index (κ1) is 6.05. The zero-order valence-corrected chi connectivity index (χ0v) is 6.06. The van der Waals surface area contributed by atoms with Gasteiger partial charge in [-0.15, -0.1) is 0 Å². The summed E-state index contributed by atoms with van der Waals surface area (Å²) in [5, 5.41) is 0. The standard InChI is InChI=1S/C6H8BrN/c7-5-2-1-3-6(8)4-5/h1-2,4,6H,3,8H2. The molecule has 1 rings (SSSR count). The highest BCUT2D eigenvalue weighted by atomic mass is 79.9. The first-order valence-electron chi connectivity index (χ1n) is 2.58. The van der Waals surface area contributed by atoms with Crippen LogP contribution in [-0.2, 0) is 0 Å². The van der Waals surface area contributed by atoms with Gasteiger partial charge < -0.3 is 5.73 Å². The molecular weight excluding hydrogens is 166 g/mol. The number of halogens is 1. The topological polar surface area (TPSA) is 26.0 Å². The lowest BCUT2D eigenvalue weighted by Crippen LogP contribution is -2.17. The molecule has 0 saturated carbocycles. The van der Waals surface area contributed by atoms with E-state index in [4.69, 9.17) is 5.73 Å². The SMILES string of the molecule is NC1C=C(Br)C=CC1. The van der Waals surface area contributed by atoms with Gasteiger partial charge in [-0.05, 0) is 6.42 Å².